The Morgan fingerprint density at radius 2 is 1.75 bits per heavy atom. The monoisotopic (exact) mass is 429 g/mol. The van der Waals surface area contributed by atoms with Crippen molar-refractivity contribution in [2.24, 2.45) is 0 Å². The predicted octanol–water partition coefficient (Wildman–Crippen LogP) is 5.68. The van der Waals surface area contributed by atoms with Gasteiger partial charge >= 0.3 is 0 Å². The zero-order valence-corrected chi connectivity index (χ0v) is 18.1. The van der Waals surface area contributed by atoms with Crippen LogP contribution in [0.25, 0.3) is 22.2 Å². The van der Waals surface area contributed by atoms with E-state index in [4.69, 9.17) is 9.40 Å². The molecule has 5 rings (SSSR count). The molecule has 1 amide bonds. The third-order valence-corrected chi connectivity index (χ3v) is 6.01. The van der Waals surface area contributed by atoms with Crippen molar-refractivity contribution in [3.05, 3.63) is 84.0 Å². The second-order valence-electron chi connectivity index (χ2n) is 8.34. The van der Waals surface area contributed by atoms with Gasteiger partial charge in [0.2, 0.25) is 5.89 Å². The Morgan fingerprint density at radius 3 is 2.47 bits per heavy atom. The number of anilines is 1. The first kappa shape index (κ1) is 20.2. The molecule has 3 aromatic carbocycles. The Bertz CT molecular complexity index is 1260. The highest BCUT2D eigenvalue weighted by Crippen LogP contribution is 2.35. The van der Waals surface area contributed by atoms with Crippen LogP contribution in [0.15, 0.2) is 71.1 Å². The van der Waals surface area contributed by atoms with Crippen molar-refractivity contribution < 1.29 is 13.6 Å². The molecule has 0 N–H and O–H groups in total. The molecule has 32 heavy (non-hydrogen) atoms. The van der Waals surface area contributed by atoms with Crippen LogP contribution >= 0.6 is 0 Å². The van der Waals surface area contributed by atoms with Gasteiger partial charge in [-0.2, -0.15) is 0 Å². The molecule has 1 atom stereocenters. The lowest BCUT2D eigenvalue weighted by atomic mass is 10.0. The van der Waals surface area contributed by atoms with Crippen LogP contribution in [0.3, 0.4) is 0 Å². The van der Waals surface area contributed by atoms with Gasteiger partial charge in [0.25, 0.3) is 5.91 Å². The molecule has 1 aromatic heterocycles. The number of carbonyl (C=O) groups is 1. The van der Waals surface area contributed by atoms with Gasteiger partial charge < -0.3 is 14.2 Å². The second-order valence-corrected chi connectivity index (χ2v) is 8.34. The quantitative estimate of drug-likeness (QED) is 0.419. The third-order valence-electron chi connectivity index (χ3n) is 6.01. The summed E-state index contributed by atoms with van der Waals surface area (Å²) < 4.78 is 19.3. The van der Waals surface area contributed by atoms with E-state index in [0.29, 0.717) is 23.6 Å². The third kappa shape index (κ3) is 3.73. The SMILES string of the molecule is CN(C)c1ccc(-c2ccc3oc(C4CCCN4C(=O)c4ccc(F)cc4)nc3c2)cc1. The molecule has 1 aliphatic heterocycles. The van der Waals surface area contributed by atoms with Crippen LogP contribution in [-0.2, 0) is 0 Å². The molecule has 5 nitrogen and oxygen atoms in total. The van der Waals surface area contributed by atoms with Gasteiger partial charge in [0, 0.05) is 31.9 Å². The van der Waals surface area contributed by atoms with Crippen LogP contribution in [0.1, 0.15) is 35.1 Å². The Labute approximate surface area is 186 Å². The lowest BCUT2D eigenvalue weighted by Crippen LogP contribution is -2.30. The molecule has 0 spiro atoms. The number of carbonyl (C=O) groups excluding carboxylic acids is 1. The number of nitrogens with zero attached hydrogens (tertiary/aromatic N) is 3. The number of likely N-dealkylation sites (tertiary alicyclic amines) is 1. The number of oxazole rings is 1. The normalized spacial score (nSPS) is 16.0. The van der Waals surface area contributed by atoms with Crippen molar-refractivity contribution in [1.29, 1.82) is 0 Å². The zero-order chi connectivity index (χ0) is 22.2. The average Bonchev–Trinajstić information content (AvgIpc) is 3.45. The van der Waals surface area contributed by atoms with Crippen molar-refractivity contribution in [1.82, 2.24) is 9.88 Å². The first-order valence-electron chi connectivity index (χ1n) is 10.7. The standard InChI is InChI=1S/C26H24FN3O2/c1-29(2)21-12-7-17(8-13-21)19-9-14-24-22(16-19)28-25(32-24)23-4-3-15-30(23)26(31)18-5-10-20(27)11-6-18/h5-14,16,23H,3-4,15H2,1-2H3. The first-order chi connectivity index (χ1) is 15.5. The van der Waals surface area contributed by atoms with E-state index in [9.17, 15) is 9.18 Å². The molecule has 0 aliphatic carbocycles. The molecule has 6 heteroatoms. The number of halogens is 1. The molecule has 1 fully saturated rings. The summed E-state index contributed by atoms with van der Waals surface area (Å²) >= 11 is 0. The largest absolute Gasteiger partial charge is 0.438 e. The fourth-order valence-electron chi connectivity index (χ4n) is 4.24. The Kier molecular flexibility index (Phi) is 5.13. The van der Waals surface area contributed by atoms with Crippen molar-refractivity contribution in [2.45, 2.75) is 18.9 Å². The van der Waals surface area contributed by atoms with E-state index in [-0.39, 0.29) is 17.8 Å². The summed E-state index contributed by atoms with van der Waals surface area (Å²) in [5, 5.41) is 0. The first-order valence-corrected chi connectivity index (χ1v) is 10.7. The minimum absolute atomic E-state index is 0.128. The smallest absolute Gasteiger partial charge is 0.254 e. The average molecular weight is 429 g/mol. The highest BCUT2D eigenvalue weighted by atomic mass is 19.1. The van der Waals surface area contributed by atoms with E-state index >= 15 is 0 Å². The highest BCUT2D eigenvalue weighted by Gasteiger charge is 2.34. The van der Waals surface area contributed by atoms with Crippen molar-refractivity contribution in [3.63, 3.8) is 0 Å². The number of amides is 1. The van der Waals surface area contributed by atoms with Gasteiger partial charge in [-0.25, -0.2) is 9.37 Å². The lowest BCUT2D eigenvalue weighted by molar-refractivity contribution is 0.0717. The maximum absolute atomic E-state index is 13.2. The fourth-order valence-corrected chi connectivity index (χ4v) is 4.24. The summed E-state index contributed by atoms with van der Waals surface area (Å²) in [5.74, 6) is 0.0649. The van der Waals surface area contributed by atoms with Gasteiger partial charge in [0.05, 0.1) is 0 Å². The molecular formula is C26H24FN3O2. The van der Waals surface area contributed by atoms with E-state index in [1.807, 2.05) is 32.3 Å². The lowest BCUT2D eigenvalue weighted by Gasteiger charge is -2.22. The summed E-state index contributed by atoms with van der Waals surface area (Å²) in [6.45, 7) is 0.628. The van der Waals surface area contributed by atoms with E-state index in [0.717, 1.165) is 35.2 Å². The Balaban J connectivity index is 1.42. The van der Waals surface area contributed by atoms with Gasteiger partial charge in [-0.1, -0.05) is 18.2 Å². The highest BCUT2D eigenvalue weighted by molar-refractivity contribution is 5.94. The number of aromatic nitrogens is 1. The number of hydrogen-bond donors (Lipinski definition) is 0. The van der Waals surface area contributed by atoms with Crippen LogP contribution in [0.4, 0.5) is 10.1 Å². The van der Waals surface area contributed by atoms with E-state index in [2.05, 4.69) is 29.2 Å². The van der Waals surface area contributed by atoms with Crippen molar-refractivity contribution in [3.8, 4) is 11.1 Å². The van der Waals surface area contributed by atoms with Crippen molar-refractivity contribution in [2.75, 3.05) is 25.5 Å². The number of rotatable bonds is 4. The molecule has 2 heterocycles. The maximum Gasteiger partial charge on any atom is 0.254 e. The van der Waals surface area contributed by atoms with Gasteiger partial charge in [-0.3, -0.25) is 4.79 Å². The topological polar surface area (TPSA) is 49.6 Å². The van der Waals surface area contributed by atoms with Gasteiger partial charge in [0.15, 0.2) is 5.58 Å². The van der Waals surface area contributed by atoms with Crippen LogP contribution in [0.5, 0.6) is 0 Å². The van der Waals surface area contributed by atoms with Crippen LogP contribution < -0.4 is 4.90 Å². The number of benzene rings is 3. The zero-order valence-electron chi connectivity index (χ0n) is 18.1. The molecule has 0 saturated carbocycles. The summed E-state index contributed by atoms with van der Waals surface area (Å²) in [7, 11) is 4.04. The molecule has 0 radical (unpaired) electrons. The van der Waals surface area contributed by atoms with Crippen LogP contribution in [0.2, 0.25) is 0 Å². The predicted molar refractivity (Wildman–Crippen MR) is 123 cm³/mol. The van der Waals surface area contributed by atoms with Crippen molar-refractivity contribution >= 4 is 22.7 Å². The van der Waals surface area contributed by atoms with E-state index in [1.165, 1.54) is 24.3 Å². The minimum atomic E-state index is -0.356. The molecular weight excluding hydrogens is 405 g/mol. The molecule has 0 bridgehead atoms. The molecule has 4 aromatic rings. The summed E-state index contributed by atoms with van der Waals surface area (Å²) in [6.07, 6.45) is 1.67. The molecule has 162 valence electrons. The van der Waals surface area contributed by atoms with Gasteiger partial charge in [-0.05, 0) is 72.5 Å². The summed E-state index contributed by atoms with van der Waals surface area (Å²) in [4.78, 5) is 21.6. The molecule has 1 unspecified atom stereocenters. The van der Waals surface area contributed by atoms with Gasteiger partial charge in [0.1, 0.15) is 17.4 Å². The summed E-state index contributed by atoms with van der Waals surface area (Å²) in [6, 6.07) is 19.8. The van der Waals surface area contributed by atoms with E-state index in [1.54, 1.807) is 4.90 Å². The number of hydrogen-bond acceptors (Lipinski definition) is 4. The summed E-state index contributed by atoms with van der Waals surface area (Å²) in [5.41, 5.74) is 5.26. The molecule has 1 aliphatic rings. The van der Waals surface area contributed by atoms with Crippen LogP contribution in [0, 0.1) is 5.82 Å². The van der Waals surface area contributed by atoms with E-state index < -0.39 is 0 Å². The second kappa shape index (κ2) is 8.11. The van der Waals surface area contributed by atoms with Crippen LogP contribution in [-0.4, -0.2) is 36.4 Å². The molecule has 1 saturated heterocycles. The Morgan fingerprint density at radius 1 is 1.03 bits per heavy atom. The maximum atomic E-state index is 13.2. The number of fused-ring (bicyclic) bond motifs is 1. The van der Waals surface area contributed by atoms with Gasteiger partial charge in [-0.15, -0.1) is 0 Å². The fraction of sp³-hybridized carbons (Fsp3) is 0.231. The Hall–Kier alpha value is -3.67. The minimum Gasteiger partial charge on any atom is -0.438 e.